The molecule has 2 unspecified atom stereocenters. The van der Waals surface area contributed by atoms with E-state index in [2.05, 4.69) is 22.2 Å². The number of benzene rings is 1. The van der Waals surface area contributed by atoms with E-state index in [-0.39, 0.29) is 5.91 Å². The lowest BCUT2D eigenvalue weighted by atomic mass is 10.0. The Morgan fingerprint density at radius 3 is 2.62 bits per heavy atom. The predicted molar refractivity (Wildman–Crippen MR) is 85.7 cm³/mol. The molecule has 114 valence electrons. The van der Waals surface area contributed by atoms with Crippen LogP contribution in [0.3, 0.4) is 0 Å². The van der Waals surface area contributed by atoms with Crippen molar-refractivity contribution in [2.45, 2.75) is 6.92 Å². The van der Waals surface area contributed by atoms with Crippen molar-refractivity contribution in [3.05, 3.63) is 28.8 Å². The van der Waals surface area contributed by atoms with Crippen molar-refractivity contribution in [2.75, 3.05) is 45.1 Å². The number of carbonyl (C=O) groups excluding carboxylic acids is 1. The van der Waals surface area contributed by atoms with Gasteiger partial charge in [-0.15, -0.1) is 0 Å². The molecule has 21 heavy (non-hydrogen) atoms. The van der Waals surface area contributed by atoms with Crippen LogP contribution in [0.2, 0.25) is 5.02 Å². The highest BCUT2D eigenvalue weighted by Crippen LogP contribution is 2.30. The highest BCUT2D eigenvalue weighted by atomic mass is 35.5. The monoisotopic (exact) mass is 307 g/mol. The number of amides is 1. The maximum atomic E-state index is 12.2. The van der Waals surface area contributed by atoms with E-state index in [9.17, 15) is 4.79 Å². The van der Waals surface area contributed by atoms with Gasteiger partial charge in [-0.25, -0.2) is 0 Å². The van der Waals surface area contributed by atoms with Gasteiger partial charge in [-0.1, -0.05) is 17.7 Å². The minimum absolute atomic E-state index is 0.0497. The first-order valence-corrected chi connectivity index (χ1v) is 7.86. The van der Waals surface area contributed by atoms with Crippen LogP contribution in [0.15, 0.2) is 18.2 Å². The first-order valence-electron chi connectivity index (χ1n) is 7.49. The number of fused-ring (bicyclic) bond motifs is 1. The number of nitrogens with zero attached hydrogens (tertiary/aromatic N) is 2. The molecule has 3 rings (SSSR count). The molecule has 2 fully saturated rings. The van der Waals surface area contributed by atoms with Crippen molar-refractivity contribution < 1.29 is 4.79 Å². The lowest BCUT2D eigenvalue weighted by Crippen LogP contribution is -2.34. The van der Waals surface area contributed by atoms with Gasteiger partial charge in [-0.2, -0.15) is 0 Å². The molecule has 0 spiro atoms. The Hall–Kier alpha value is -1.10. The van der Waals surface area contributed by atoms with Crippen molar-refractivity contribution in [2.24, 2.45) is 11.8 Å². The number of anilines is 1. The molecule has 2 aliphatic rings. The van der Waals surface area contributed by atoms with E-state index in [1.54, 1.807) is 0 Å². The van der Waals surface area contributed by atoms with Gasteiger partial charge in [0.05, 0.1) is 6.54 Å². The molecular weight excluding hydrogens is 286 g/mol. The normalized spacial score (nSPS) is 26.0. The van der Waals surface area contributed by atoms with Gasteiger partial charge in [0.1, 0.15) is 0 Å². The zero-order valence-electron chi connectivity index (χ0n) is 12.6. The first-order chi connectivity index (χ1) is 10.0. The number of nitrogens with one attached hydrogen (secondary N) is 1. The Labute approximate surface area is 131 Å². The summed E-state index contributed by atoms with van der Waals surface area (Å²) in [6.45, 7) is 6.80. The third-order valence-corrected chi connectivity index (χ3v) is 5.06. The molecule has 2 aliphatic heterocycles. The fourth-order valence-corrected chi connectivity index (χ4v) is 3.76. The van der Waals surface area contributed by atoms with Gasteiger partial charge in [-0.05, 0) is 43.5 Å². The van der Waals surface area contributed by atoms with Crippen molar-refractivity contribution >= 4 is 23.2 Å². The summed E-state index contributed by atoms with van der Waals surface area (Å²) < 4.78 is 0. The van der Waals surface area contributed by atoms with Crippen LogP contribution in [0, 0.1) is 18.8 Å². The molecule has 0 aliphatic carbocycles. The molecule has 0 bridgehead atoms. The molecule has 5 heteroatoms. The van der Waals surface area contributed by atoms with Crippen LogP contribution in [0.1, 0.15) is 5.56 Å². The quantitative estimate of drug-likeness (QED) is 0.929. The topological polar surface area (TPSA) is 35.6 Å². The second kappa shape index (κ2) is 5.95. The fourth-order valence-electron chi connectivity index (χ4n) is 3.59. The SMILES string of the molecule is Cc1c(Cl)cccc1NC(=O)CN1CC2CN(C)CC2C1. The zero-order chi connectivity index (χ0) is 15.0. The smallest absolute Gasteiger partial charge is 0.238 e. The summed E-state index contributed by atoms with van der Waals surface area (Å²) in [5.41, 5.74) is 1.74. The van der Waals surface area contributed by atoms with Crippen LogP contribution in [0.25, 0.3) is 0 Å². The average Bonchev–Trinajstić information content (AvgIpc) is 2.91. The van der Waals surface area contributed by atoms with Crippen LogP contribution in [-0.4, -0.2) is 55.5 Å². The summed E-state index contributed by atoms with van der Waals surface area (Å²) in [5, 5.41) is 3.66. The predicted octanol–water partition coefficient (Wildman–Crippen LogP) is 2.08. The van der Waals surface area contributed by atoms with Gasteiger partial charge in [-0.3, -0.25) is 9.69 Å². The van der Waals surface area contributed by atoms with E-state index < -0.39 is 0 Å². The molecule has 0 aromatic heterocycles. The third-order valence-electron chi connectivity index (χ3n) is 4.65. The molecule has 2 heterocycles. The van der Waals surface area contributed by atoms with Gasteiger partial charge < -0.3 is 10.2 Å². The Morgan fingerprint density at radius 1 is 1.29 bits per heavy atom. The van der Waals surface area contributed by atoms with Gasteiger partial charge in [0.25, 0.3) is 0 Å². The van der Waals surface area contributed by atoms with Crippen LogP contribution in [0.4, 0.5) is 5.69 Å². The summed E-state index contributed by atoms with van der Waals surface area (Å²) in [6.07, 6.45) is 0. The summed E-state index contributed by atoms with van der Waals surface area (Å²) in [7, 11) is 2.18. The molecule has 2 atom stereocenters. The first kappa shape index (κ1) is 14.8. The van der Waals surface area contributed by atoms with E-state index in [0.717, 1.165) is 49.3 Å². The number of halogens is 1. The molecule has 2 saturated heterocycles. The Balaban J connectivity index is 1.55. The number of likely N-dealkylation sites (tertiary alicyclic amines) is 2. The van der Waals surface area contributed by atoms with Crippen LogP contribution < -0.4 is 5.32 Å². The van der Waals surface area contributed by atoms with Gasteiger partial charge in [0.15, 0.2) is 0 Å². The summed E-state index contributed by atoms with van der Waals surface area (Å²) >= 11 is 6.08. The largest absolute Gasteiger partial charge is 0.325 e. The molecule has 4 nitrogen and oxygen atoms in total. The van der Waals surface area contributed by atoms with Crippen LogP contribution in [-0.2, 0) is 4.79 Å². The molecule has 1 aromatic carbocycles. The maximum Gasteiger partial charge on any atom is 0.238 e. The molecule has 0 radical (unpaired) electrons. The maximum absolute atomic E-state index is 12.2. The second-order valence-electron chi connectivity index (χ2n) is 6.40. The number of carbonyl (C=O) groups is 1. The standard InChI is InChI=1S/C16H22ClN3O/c1-11-14(17)4-3-5-15(11)18-16(21)10-20-8-12-6-19(2)7-13(12)9-20/h3-5,12-13H,6-10H2,1-2H3,(H,18,21). The van der Waals surface area contributed by atoms with Crippen molar-refractivity contribution in [3.63, 3.8) is 0 Å². The highest BCUT2D eigenvalue weighted by Gasteiger charge is 2.38. The van der Waals surface area contributed by atoms with Crippen molar-refractivity contribution in [1.82, 2.24) is 9.80 Å². The second-order valence-corrected chi connectivity index (χ2v) is 6.80. The Morgan fingerprint density at radius 2 is 1.95 bits per heavy atom. The minimum atomic E-state index is 0.0497. The van der Waals surface area contributed by atoms with E-state index in [1.807, 2.05) is 25.1 Å². The molecular formula is C16H22ClN3O. The van der Waals surface area contributed by atoms with Crippen molar-refractivity contribution in [3.8, 4) is 0 Å². The van der Waals surface area contributed by atoms with Crippen molar-refractivity contribution in [1.29, 1.82) is 0 Å². The lowest BCUT2D eigenvalue weighted by molar-refractivity contribution is -0.117. The highest BCUT2D eigenvalue weighted by molar-refractivity contribution is 6.31. The number of rotatable bonds is 3. The Bertz CT molecular complexity index is 534. The van der Waals surface area contributed by atoms with E-state index in [0.29, 0.717) is 11.6 Å². The van der Waals surface area contributed by atoms with Crippen LogP contribution in [0.5, 0.6) is 0 Å². The number of hydrogen-bond acceptors (Lipinski definition) is 3. The van der Waals surface area contributed by atoms with Crippen LogP contribution >= 0.6 is 11.6 Å². The third kappa shape index (κ3) is 3.23. The summed E-state index contributed by atoms with van der Waals surface area (Å²) in [5.74, 6) is 1.51. The lowest BCUT2D eigenvalue weighted by Gasteiger charge is -2.19. The average molecular weight is 308 g/mol. The minimum Gasteiger partial charge on any atom is -0.325 e. The molecule has 0 saturated carbocycles. The van der Waals surface area contributed by atoms with Gasteiger partial charge in [0.2, 0.25) is 5.91 Å². The van der Waals surface area contributed by atoms with E-state index in [1.165, 1.54) is 0 Å². The molecule has 1 N–H and O–H groups in total. The molecule has 1 aromatic rings. The number of hydrogen-bond donors (Lipinski definition) is 1. The summed E-state index contributed by atoms with van der Waals surface area (Å²) in [6, 6.07) is 5.60. The zero-order valence-corrected chi connectivity index (χ0v) is 13.4. The fraction of sp³-hybridized carbons (Fsp3) is 0.562. The van der Waals surface area contributed by atoms with E-state index >= 15 is 0 Å². The van der Waals surface area contributed by atoms with Gasteiger partial charge in [0, 0.05) is 36.9 Å². The van der Waals surface area contributed by atoms with E-state index in [4.69, 9.17) is 11.6 Å². The van der Waals surface area contributed by atoms with Gasteiger partial charge >= 0.3 is 0 Å². The summed E-state index contributed by atoms with van der Waals surface area (Å²) in [4.78, 5) is 16.9. The Kier molecular flexibility index (Phi) is 4.20. The molecule has 1 amide bonds.